The Morgan fingerprint density at radius 3 is 2.46 bits per heavy atom. The molecule has 0 aliphatic heterocycles. The van der Waals surface area contributed by atoms with Crippen LogP contribution in [0.2, 0.25) is 0 Å². The average Bonchev–Trinajstić information content (AvgIpc) is 2.05. The Kier molecular flexibility index (Phi) is 3.62. The SMILES string of the molecule is CSCC1(O)CCC(C(=O)O)CC1. The van der Waals surface area contributed by atoms with E-state index in [0.717, 1.165) is 5.75 Å². The van der Waals surface area contributed by atoms with Gasteiger partial charge >= 0.3 is 5.97 Å². The minimum atomic E-state index is -0.716. The maximum absolute atomic E-state index is 10.6. The van der Waals surface area contributed by atoms with E-state index in [1.807, 2.05) is 6.26 Å². The number of hydrogen-bond acceptors (Lipinski definition) is 3. The van der Waals surface area contributed by atoms with Crippen LogP contribution in [0.4, 0.5) is 0 Å². The summed E-state index contributed by atoms with van der Waals surface area (Å²) in [5.41, 5.74) is -0.606. The van der Waals surface area contributed by atoms with Gasteiger partial charge in [-0.15, -0.1) is 0 Å². The van der Waals surface area contributed by atoms with Gasteiger partial charge in [-0.2, -0.15) is 11.8 Å². The van der Waals surface area contributed by atoms with Gasteiger partial charge < -0.3 is 10.2 Å². The maximum atomic E-state index is 10.6. The fourth-order valence-corrected chi connectivity index (χ4v) is 2.64. The van der Waals surface area contributed by atoms with E-state index in [2.05, 4.69) is 0 Å². The fourth-order valence-electron chi connectivity index (χ4n) is 1.82. The van der Waals surface area contributed by atoms with E-state index in [4.69, 9.17) is 5.11 Å². The molecule has 0 radical (unpaired) electrons. The summed E-state index contributed by atoms with van der Waals surface area (Å²) in [7, 11) is 0. The third kappa shape index (κ3) is 2.88. The molecule has 1 rings (SSSR count). The number of hydrogen-bond donors (Lipinski definition) is 2. The molecule has 0 spiro atoms. The molecule has 0 saturated heterocycles. The van der Waals surface area contributed by atoms with Crippen LogP contribution in [0, 0.1) is 5.92 Å². The fraction of sp³-hybridized carbons (Fsp3) is 0.889. The highest BCUT2D eigenvalue weighted by atomic mass is 32.2. The van der Waals surface area contributed by atoms with Crippen molar-refractivity contribution in [3.63, 3.8) is 0 Å². The van der Waals surface area contributed by atoms with Gasteiger partial charge in [0.25, 0.3) is 0 Å². The van der Waals surface area contributed by atoms with Gasteiger partial charge in [-0.05, 0) is 31.9 Å². The van der Waals surface area contributed by atoms with Crippen LogP contribution in [0.25, 0.3) is 0 Å². The first-order chi connectivity index (χ1) is 6.07. The second-order valence-corrected chi connectivity index (χ2v) is 4.64. The van der Waals surface area contributed by atoms with Gasteiger partial charge in [-0.3, -0.25) is 4.79 Å². The van der Waals surface area contributed by atoms with Crippen molar-refractivity contribution in [2.24, 2.45) is 5.92 Å². The highest BCUT2D eigenvalue weighted by molar-refractivity contribution is 7.98. The molecule has 1 saturated carbocycles. The van der Waals surface area contributed by atoms with Crippen molar-refractivity contribution in [3.8, 4) is 0 Å². The van der Waals surface area contributed by atoms with Gasteiger partial charge in [0.15, 0.2) is 0 Å². The van der Waals surface area contributed by atoms with Crippen LogP contribution in [0.3, 0.4) is 0 Å². The smallest absolute Gasteiger partial charge is 0.306 e. The van der Waals surface area contributed by atoms with E-state index in [9.17, 15) is 9.90 Å². The molecule has 1 aliphatic rings. The van der Waals surface area contributed by atoms with Crippen molar-refractivity contribution in [2.75, 3.05) is 12.0 Å². The van der Waals surface area contributed by atoms with E-state index in [1.165, 1.54) is 0 Å². The summed E-state index contributed by atoms with van der Waals surface area (Å²) in [4.78, 5) is 10.6. The Morgan fingerprint density at radius 2 is 2.08 bits per heavy atom. The summed E-state index contributed by atoms with van der Waals surface area (Å²) in [5.74, 6) is -0.229. The Balaban J connectivity index is 2.41. The van der Waals surface area contributed by atoms with Crippen molar-refractivity contribution in [1.82, 2.24) is 0 Å². The van der Waals surface area contributed by atoms with Gasteiger partial charge in [0.05, 0.1) is 11.5 Å². The highest BCUT2D eigenvalue weighted by Crippen LogP contribution is 2.33. The second-order valence-electron chi connectivity index (χ2n) is 3.77. The van der Waals surface area contributed by atoms with Crippen molar-refractivity contribution < 1.29 is 15.0 Å². The van der Waals surface area contributed by atoms with Crippen LogP contribution >= 0.6 is 11.8 Å². The van der Waals surface area contributed by atoms with E-state index in [-0.39, 0.29) is 5.92 Å². The summed E-state index contributed by atoms with van der Waals surface area (Å²) < 4.78 is 0. The first-order valence-corrected chi connectivity index (χ1v) is 5.91. The van der Waals surface area contributed by atoms with Crippen LogP contribution in [-0.4, -0.2) is 33.8 Å². The molecule has 0 aromatic rings. The number of aliphatic hydroxyl groups is 1. The molecule has 0 bridgehead atoms. The molecule has 0 atom stereocenters. The number of carboxylic acid groups (broad SMARTS) is 1. The number of carbonyl (C=O) groups is 1. The second kappa shape index (κ2) is 4.33. The molecule has 1 fully saturated rings. The Hall–Kier alpha value is -0.220. The van der Waals surface area contributed by atoms with Crippen LogP contribution in [0.5, 0.6) is 0 Å². The Bertz CT molecular complexity index is 185. The third-order valence-corrected chi connectivity index (χ3v) is 3.50. The first-order valence-electron chi connectivity index (χ1n) is 4.51. The number of aliphatic carboxylic acids is 1. The van der Waals surface area contributed by atoms with Crippen molar-refractivity contribution in [2.45, 2.75) is 31.3 Å². The van der Waals surface area contributed by atoms with Crippen molar-refractivity contribution >= 4 is 17.7 Å². The van der Waals surface area contributed by atoms with Crippen LogP contribution in [-0.2, 0) is 4.79 Å². The van der Waals surface area contributed by atoms with Crippen LogP contribution < -0.4 is 0 Å². The zero-order chi connectivity index (χ0) is 9.90. The molecule has 4 heteroatoms. The molecule has 13 heavy (non-hydrogen) atoms. The number of thioether (sulfide) groups is 1. The topological polar surface area (TPSA) is 57.5 Å². The molecule has 76 valence electrons. The molecule has 0 aromatic heterocycles. The molecule has 0 unspecified atom stereocenters. The normalized spacial score (nSPS) is 34.5. The molecular formula is C9H16O3S. The van der Waals surface area contributed by atoms with Gasteiger partial charge in [0.1, 0.15) is 0 Å². The van der Waals surface area contributed by atoms with Crippen LogP contribution in [0.1, 0.15) is 25.7 Å². The van der Waals surface area contributed by atoms with Gasteiger partial charge in [-0.25, -0.2) is 0 Å². The molecule has 0 aromatic carbocycles. The summed E-state index contributed by atoms with van der Waals surface area (Å²) in [6.07, 6.45) is 4.45. The summed E-state index contributed by atoms with van der Waals surface area (Å²) in [6.45, 7) is 0. The predicted molar refractivity (Wildman–Crippen MR) is 52.9 cm³/mol. The van der Waals surface area contributed by atoms with E-state index in [0.29, 0.717) is 25.7 Å². The van der Waals surface area contributed by atoms with E-state index >= 15 is 0 Å². The lowest BCUT2D eigenvalue weighted by Crippen LogP contribution is -2.38. The largest absolute Gasteiger partial charge is 0.481 e. The van der Waals surface area contributed by atoms with E-state index < -0.39 is 11.6 Å². The van der Waals surface area contributed by atoms with Crippen LogP contribution in [0.15, 0.2) is 0 Å². The third-order valence-electron chi connectivity index (χ3n) is 2.68. The zero-order valence-electron chi connectivity index (χ0n) is 7.82. The van der Waals surface area contributed by atoms with Crippen molar-refractivity contribution in [1.29, 1.82) is 0 Å². The van der Waals surface area contributed by atoms with E-state index in [1.54, 1.807) is 11.8 Å². The maximum Gasteiger partial charge on any atom is 0.306 e. The lowest BCUT2D eigenvalue weighted by molar-refractivity contribution is -0.144. The minimum Gasteiger partial charge on any atom is -0.481 e. The quantitative estimate of drug-likeness (QED) is 0.728. The minimum absolute atomic E-state index is 0.234. The summed E-state index contributed by atoms with van der Waals surface area (Å²) in [6, 6.07) is 0. The average molecular weight is 204 g/mol. The summed E-state index contributed by atoms with van der Waals surface area (Å²) >= 11 is 1.62. The highest BCUT2D eigenvalue weighted by Gasteiger charge is 2.35. The first kappa shape index (κ1) is 10.9. The lowest BCUT2D eigenvalue weighted by Gasteiger charge is -2.34. The number of carboxylic acids is 1. The van der Waals surface area contributed by atoms with Gasteiger partial charge in [-0.1, -0.05) is 0 Å². The van der Waals surface area contributed by atoms with Crippen molar-refractivity contribution in [3.05, 3.63) is 0 Å². The molecule has 2 N–H and O–H groups in total. The molecule has 0 amide bonds. The lowest BCUT2D eigenvalue weighted by atomic mass is 9.80. The predicted octanol–water partition coefficient (Wildman–Crippen LogP) is 1.36. The number of rotatable bonds is 3. The van der Waals surface area contributed by atoms with Gasteiger partial charge in [0.2, 0.25) is 0 Å². The zero-order valence-corrected chi connectivity index (χ0v) is 8.64. The molecule has 3 nitrogen and oxygen atoms in total. The Labute approximate surface area is 82.5 Å². The molecule has 1 aliphatic carbocycles. The van der Waals surface area contributed by atoms with Gasteiger partial charge in [0, 0.05) is 5.75 Å². The standard InChI is InChI=1S/C9H16O3S/c1-13-6-9(12)4-2-7(3-5-9)8(10)11/h7,12H,2-6H2,1H3,(H,10,11). The molecule has 0 heterocycles. The molecular weight excluding hydrogens is 188 g/mol. The Morgan fingerprint density at radius 1 is 1.54 bits per heavy atom. The summed E-state index contributed by atoms with van der Waals surface area (Å²) in [5, 5.41) is 18.7. The monoisotopic (exact) mass is 204 g/mol.